The maximum Gasteiger partial charge on any atom is 0.350 e. The molecule has 0 unspecified atom stereocenters. The van der Waals surface area contributed by atoms with Crippen LogP contribution in [0.25, 0.3) is 11.3 Å². The van der Waals surface area contributed by atoms with Crippen molar-refractivity contribution in [1.82, 2.24) is 9.55 Å². The van der Waals surface area contributed by atoms with Crippen LogP contribution in [0.15, 0.2) is 23.0 Å². The molecule has 0 bridgehead atoms. The molecule has 0 atom stereocenters. The fourth-order valence-corrected chi connectivity index (χ4v) is 3.73. The van der Waals surface area contributed by atoms with E-state index in [4.69, 9.17) is 9.47 Å². The van der Waals surface area contributed by atoms with E-state index in [1.807, 2.05) is 12.1 Å². The number of anilines is 1. The van der Waals surface area contributed by atoms with E-state index in [1.165, 1.54) is 5.56 Å². The number of hydrogen-bond acceptors (Lipinski definition) is 5. The molecule has 6 nitrogen and oxygen atoms in total. The van der Waals surface area contributed by atoms with Crippen molar-refractivity contribution in [2.75, 3.05) is 32.2 Å². The van der Waals surface area contributed by atoms with Crippen LogP contribution in [0, 0.1) is 0 Å². The number of methoxy groups -OCH3 is 2. The molecule has 1 aromatic heterocycles. The lowest BCUT2D eigenvalue weighted by atomic mass is 9.96. The molecule has 0 aliphatic carbocycles. The lowest BCUT2D eigenvalue weighted by molar-refractivity contribution is 0.354. The fraction of sp³-hybridized carbons (Fsp3) is 0.545. The highest BCUT2D eigenvalue weighted by Gasteiger charge is 2.22. The second-order valence-electron chi connectivity index (χ2n) is 7.24. The van der Waals surface area contributed by atoms with Crippen molar-refractivity contribution in [3.63, 3.8) is 0 Å². The number of hydrogen-bond donors (Lipinski definition) is 0. The third-order valence-corrected chi connectivity index (χ3v) is 5.37. The third kappa shape index (κ3) is 4.01. The zero-order chi connectivity index (χ0) is 20.1. The summed E-state index contributed by atoms with van der Waals surface area (Å²) < 4.78 is 12.7. The van der Waals surface area contributed by atoms with Gasteiger partial charge in [0.25, 0.3) is 0 Å². The predicted octanol–water partition coefficient (Wildman–Crippen LogP) is 3.89. The summed E-state index contributed by atoms with van der Waals surface area (Å²) in [6.07, 6.45) is 5.19. The number of benzene rings is 1. The van der Waals surface area contributed by atoms with E-state index >= 15 is 0 Å². The molecule has 2 aromatic rings. The van der Waals surface area contributed by atoms with Crippen LogP contribution in [0.3, 0.4) is 0 Å². The van der Waals surface area contributed by atoms with Crippen molar-refractivity contribution < 1.29 is 9.47 Å². The van der Waals surface area contributed by atoms with Gasteiger partial charge in [-0.15, -0.1) is 0 Å². The molecule has 3 rings (SSSR count). The van der Waals surface area contributed by atoms with Crippen molar-refractivity contribution in [2.45, 2.75) is 52.5 Å². The number of rotatable bonds is 9. The summed E-state index contributed by atoms with van der Waals surface area (Å²) in [6.45, 7) is 6.84. The van der Waals surface area contributed by atoms with Gasteiger partial charge in [-0.3, -0.25) is 4.57 Å². The van der Waals surface area contributed by atoms with Gasteiger partial charge in [0.2, 0.25) is 0 Å². The minimum Gasteiger partial charge on any atom is -0.493 e. The standard InChI is InChI=1S/C22H31N3O3/c1-5-7-10-24(11-8-6-2)21-15-18-17-14-20(28-4)19(27-3)13-16(17)9-12-25(18)22(26)23-21/h13-15H,5-12H2,1-4H3. The minimum atomic E-state index is -0.175. The first-order valence-electron chi connectivity index (χ1n) is 10.2. The molecule has 0 fully saturated rings. The largest absolute Gasteiger partial charge is 0.493 e. The van der Waals surface area contributed by atoms with Gasteiger partial charge < -0.3 is 14.4 Å². The molecular formula is C22H31N3O3. The molecule has 152 valence electrons. The smallest absolute Gasteiger partial charge is 0.350 e. The van der Waals surface area contributed by atoms with Crippen LogP contribution in [-0.2, 0) is 13.0 Å². The Morgan fingerprint density at radius 3 is 2.29 bits per heavy atom. The van der Waals surface area contributed by atoms with Crippen LogP contribution in [0.2, 0.25) is 0 Å². The topological polar surface area (TPSA) is 56.6 Å². The summed E-state index contributed by atoms with van der Waals surface area (Å²) in [4.78, 5) is 19.5. The molecule has 0 N–H and O–H groups in total. The first kappa shape index (κ1) is 20.2. The molecule has 1 aliphatic rings. The van der Waals surface area contributed by atoms with Gasteiger partial charge in [-0.05, 0) is 37.0 Å². The zero-order valence-electron chi connectivity index (χ0n) is 17.5. The molecule has 0 saturated carbocycles. The second kappa shape index (κ2) is 9.13. The lowest BCUT2D eigenvalue weighted by Gasteiger charge is -2.27. The predicted molar refractivity (Wildman–Crippen MR) is 113 cm³/mol. The lowest BCUT2D eigenvalue weighted by Crippen LogP contribution is -2.33. The van der Waals surface area contributed by atoms with Gasteiger partial charge in [-0.1, -0.05) is 26.7 Å². The van der Waals surface area contributed by atoms with Gasteiger partial charge in [-0.2, -0.15) is 4.98 Å². The highest BCUT2D eigenvalue weighted by atomic mass is 16.5. The average Bonchev–Trinajstić information content (AvgIpc) is 2.72. The Morgan fingerprint density at radius 2 is 1.68 bits per heavy atom. The molecule has 0 spiro atoms. The highest BCUT2D eigenvalue weighted by Crippen LogP contribution is 2.38. The van der Waals surface area contributed by atoms with Crippen LogP contribution in [-0.4, -0.2) is 36.9 Å². The van der Waals surface area contributed by atoms with Crippen molar-refractivity contribution in [3.05, 3.63) is 34.2 Å². The molecule has 0 saturated heterocycles. The molecule has 6 heteroatoms. The van der Waals surface area contributed by atoms with E-state index in [9.17, 15) is 4.79 Å². The summed E-state index contributed by atoms with van der Waals surface area (Å²) in [5, 5.41) is 0. The average molecular weight is 386 g/mol. The van der Waals surface area contributed by atoms with Crippen molar-refractivity contribution in [3.8, 4) is 22.8 Å². The molecule has 2 heterocycles. The van der Waals surface area contributed by atoms with E-state index in [-0.39, 0.29) is 5.69 Å². The van der Waals surface area contributed by atoms with Crippen LogP contribution >= 0.6 is 0 Å². The zero-order valence-corrected chi connectivity index (χ0v) is 17.5. The highest BCUT2D eigenvalue weighted by molar-refractivity contribution is 5.72. The monoisotopic (exact) mass is 385 g/mol. The summed E-state index contributed by atoms with van der Waals surface area (Å²) in [5.41, 5.74) is 2.93. The Kier molecular flexibility index (Phi) is 6.60. The van der Waals surface area contributed by atoms with E-state index < -0.39 is 0 Å². The summed E-state index contributed by atoms with van der Waals surface area (Å²) in [5.74, 6) is 2.17. The number of aryl methyl sites for hydroxylation is 1. The SMILES string of the molecule is CCCCN(CCCC)c1cc2n(c(=O)n1)CCc1cc(OC)c(OC)cc1-2. The van der Waals surface area contributed by atoms with E-state index in [2.05, 4.69) is 29.8 Å². The number of ether oxygens (including phenoxy) is 2. The van der Waals surface area contributed by atoms with Crippen LogP contribution in [0.1, 0.15) is 45.1 Å². The Morgan fingerprint density at radius 1 is 1.04 bits per heavy atom. The summed E-state index contributed by atoms with van der Waals surface area (Å²) in [6, 6.07) is 6.07. The second-order valence-corrected chi connectivity index (χ2v) is 7.24. The number of unbranched alkanes of at least 4 members (excludes halogenated alkanes) is 2. The van der Waals surface area contributed by atoms with E-state index in [0.29, 0.717) is 12.3 Å². The maximum atomic E-state index is 12.8. The van der Waals surface area contributed by atoms with E-state index in [0.717, 1.165) is 68.0 Å². The first-order valence-corrected chi connectivity index (χ1v) is 10.2. The quantitative estimate of drug-likeness (QED) is 0.655. The summed E-state index contributed by atoms with van der Waals surface area (Å²) >= 11 is 0. The molecule has 0 radical (unpaired) electrons. The van der Waals surface area contributed by atoms with Gasteiger partial charge >= 0.3 is 5.69 Å². The van der Waals surface area contributed by atoms with Crippen LogP contribution in [0.4, 0.5) is 5.82 Å². The van der Waals surface area contributed by atoms with Gasteiger partial charge in [-0.25, -0.2) is 4.79 Å². The number of aromatic nitrogens is 2. The van der Waals surface area contributed by atoms with Crippen molar-refractivity contribution >= 4 is 5.82 Å². The molecule has 28 heavy (non-hydrogen) atoms. The first-order chi connectivity index (χ1) is 13.6. The van der Waals surface area contributed by atoms with Gasteiger partial charge in [0.05, 0.1) is 19.9 Å². The van der Waals surface area contributed by atoms with Crippen molar-refractivity contribution in [1.29, 1.82) is 0 Å². The Labute approximate surface area is 167 Å². The van der Waals surface area contributed by atoms with E-state index in [1.54, 1.807) is 18.8 Å². The third-order valence-electron chi connectivity index (χ3n) is 5.37. The maximum absolute atomic E-state index is 12.8. The number of fused-ring (bicyclic) bond motifs is 3. The Balaban J connectivity index is 2.08. The van der Waals surface area contributed by atoms with Gasteiger partial charge in [0, 0.05) is 31.3 Å². The molecule has 1 aromatic carbocycles. The van der Waals surface area contributed by atoms with Gasteiger partial charge in [0.1, 0.15) is 5.82 Å². The Hall–Kier alpha value is -2.50. The Bertz CT molecular complexity index is 868. The summed E-state index contributed by atoms with van der Waals surface area (Å²) in [7, 11) is 3.28. The normalized spacial score (nSPS) is 12.3. The molecular weight excluding hydrogens is 354 g/mol. The van der Waals surface area contributed by atoms with Crippen LogP contribution < -0.4 is 20.1 Å². The number of nitrogens with zero attached hydrogens (tertiary/aromatic N) is 3. The van der Waals surface area contributed by atoms with Crippen LogP contribution in [0.5, 0.6) is 11.5 Å². The van der Waals surface area contributed by atoms with Crippen molar-refractivity contribution in [2.24, 2.45) is 0 Å². The minimum absolute atomic E-state index is 0.175. The molecule has 0 amide bonds. The van der Waals surface area contributed by atoms with Gasteiger partial charge in [0.15, 0.2) is 11.5 Å². The molecule has 1 aliphatic heterocycles. The fourth-order valence-electron chi connectivity index (χ4n) is 3.73.